The van der Waals surface area contributed by atoms with Gasteiger partial charge in [-0.2, -0.15) is 4.31 Å². The summed E-state index contributed by atoms with van der Waals surface area (Å²) in [5, 5.41) is 2.79. The molecule has 0 heterocycles. The van der Waals surface area contributed by atoms with Gasteiger partial charge in [-0.15, -0.1) is 0 Å². The molecular formula is C20H26N2O6S. The van der Waals surface area contributed by atoms with Crippen molar-refractivity contribution in [1.29, 1.82) is 0 Å². The molecule has 0 saturated carbocycles. The number of ether oxygens (including phenoxy) is 3. The number of nitrogens with zero attached hydrogens (tertiary/aromatic N) is 1. The van der Waals surface area contributed by atoms with E-state index in [2.05, 4.69) is 5.32 Å². The van der Waals surface area contributed by atoms with Gasteiger partial charge in [0.1, 0.15) is 6.04 Å². The average Bonchev–Trinajstić information content (AvgIpc) is 2.71. The molecule has 0 spiro atoms. The normalized spacial score (nSPS) is 12.3. The SMILES string of the molecule is COc1ccc(CNC(=O)C(c2ccccc2)N(C)S(C)(=O)=O)c(OC)c1OC. The zero-order valence-electron chi connectivity index (χ0n) is 17.1. The van der Waals surface area contributed by atoms with E-state index in [0.29, 0.717) is 28.4 Å². The van der Waals surface area contributed by atoms with Crippen molar-refractivity contribution in [3.8, 4) is 17.2 Å². The van der Waals surface area contributed by atoms with Crippen molar-refractivity contribution in [3.63, 3.8) is 0 Å². The second-order valence-corrected chi connectivity index (χ2v) is 8.35. The van der Waals surface area contributed by atoms with E-state index in [1.54, 1.807) is 42.5 Å². The third kappa shape index (κ3) is 5.18. The zero-order valence-corrected chi connectivity index (χ0v) is 17.9. The topological polar surface area (TPSA) is 94.2 Å². The number of hydrogen-bond acceptors (Lipinski definition) is 6. The minimum Gasteiger partial charge on any atom is -0.493 e. The number of carbonyl (C=O) groups excluding carboxylic acids is 1. The van der Waals surface area contributed by atoms with E-state index >= 15 is 0 Å². The first-order chi connectivity index (χ1) is 13.7. The van der Waals surface area contributed by atoms with Gasteiger partial charge in [0.15, 0.2) is 11.5 Å². The molecule has 0 aliphatic rings. The molecule has 0 fully saturated rings. The molecule has 1 unspecified atom stereocenters. The number of amides is 1. The van der Waals surface area contributed by atoms with Gasteiger partial charge >= 0.3 is 0 Å². The first-order valence-corrected chi connectivity index (χ1v) is 10.6. The van der Waals surface area contributed by atoms with E-state index in [4.69, 9.17) is 14.2 Å². The van der Waals surface area contributed by atoms with Crippen LogP contribution in [0.3, 0.4) is 0 Å². The molecule has 0 saturated heterocycles. The molecule has 0 radical (unpaired) electrons. The predicted molar refractivity (Wildman–Crippen MR) is 110 cm³/mol. The first kappa shape index (κ1) is 22.5. The Kier molecular flexibility index (Phi) is 7.46. The van der Waals surface area contributed by atoms with Gasteiger partial charge in [0, 0.05) is 19.2 Å². The maximum atomic E-state index is 13.0. The Balaban J connectivity index is 2.32. The minimum atomic E-state index is -3.60. The van der Waals surface area contributed by atoms with Crippen molar-refractivity contribution in [2.45, 2.75) is 12.6 Å². The molecule has 8 nitrogen and oxygen atoms in total. The summed E-state index contributed by atoms with van der Waals surface area (Å²) in [5.41, 5.74) is 1.23. The molecule has 2 rings (SSSR count). The summed E-state index contributed by atoms with van der Waals surface area (Å²) in [6.45, 7) is 0.114. The number of benzene rings is 2. The number of hydrogen-bond donors (Lipinski definition) is 1. The molecular weight excluding hydrogens is 396 g/mol. The maximum Gasteiger partial charge on any atom is 0.243 e. The number of carbonyl (C=O) groups is 1. The number of likely N-dealkylation sites (N-methyl/N-ethyl adjacent to an activating group) is 1. The van der Waals surface area contributed by atoms with Crippen molar-refractivity contribution in [1.82, 2.24) is 9.62 Å². The molecule has 1 N–H and O–H groups in total. The maximum absolute atomic E-state index is 13.0. The Hall–Kier alpha value is -2.78. The van der Waals surface area contributed by atoms with Crippen LogP contribution in [0, 0.1) is 0 Å². The molecule has 2 aromatic carbocycles. The summed E-state index contributed by atoms with van der Waals surface area (Å²) in [5.74, 6) is 0.883. The fraction of sp³-hybridized carbons (Fsp3) is 0.350. The van der Waals surface area contributed by atoms with Gasteiger partial charge in [0.2, 0.25) is 21.7 Å². The molecule has 0 aliphatic heterocycles. The van der Waals surface area contributed by atoms with Crippen LogP contribution in [-0.4, -0.2) is 53.3 Å². The second kappa shape index (κ2) is 9.62. The minimum absolute atomic E-state index is 0.114. The van der Waals surface area contributed by atoms with Gasteiger partial charge < -0.3 is 19.5 Å². The van der Waals surface area contributed by atoms with Crippen molar-refractivity contribution in [3.05, 3.63) is 53.6 Å². The summed E-state index contributed by atoms with van der Waals surface area (Å²) < 4.78 is 41.2. The van der Waals surface area contributed by atoms with E-state index in [-0.39, 0.29) is 6.54 Å². The van der Waals surface area contributed by atoms with Crippen LogP contribution in [0.15, 0.2) is 42.5 Å². The van der Waals surface area contributed by atoms with E-state index in [1.165, 1.54) is 28.4 Å². The average molecular weight is 423 g/mol. The van der Waals surface area contributed by atoms with Gasteiger partial charge in [0.25, 0.3) is 0 Å². The van der Waals surface area contributed by atoms with Crippen LogP contribution >= 0.6 is 0 Å². The van der Waals surface area contributed by atoms with E-state index in [9.17, 15) is 13.2 Å². The molecule has 158 valence electrons. The number of methoxy groups -OCH3 is 3. The lowest BCUT2D eigenvalue weighted by Gasteiger charge is -2.26. The summed E-state index contributed by atoms with van der Waals surface area (Å²) in [6.07, 6.45) is 1.06. The van der Waals surface area contributed by atoms with Gasteiger partial charge in [-0.3, -0.25) is 4.79 Å². The highest BCUT2D eigenvalue weighted by atomic mass is 32.2. The van der Waals surface area contributed by atoms with Crippen LogP contribution in [0.5, 0.6) is 17.2 Å². The third-order valence-electron chi connectivity index (χ3n) is 4.49. The molecule has 0 aromatic heterocycles. The van der Waals surface area contributed by atoms with Gasteiger partial charge in [-0.05, 0) is 17.7 Å². The molecule has 2 aromatic rings. The number of rotatable bonds is 9. The van der Waals surface area contributed by atoms with Crippen molar-refractivity contribution in [2.24, 2.45) is 0 Å². The lowest BCUT2D eigenvalue weighted by atomic mass is 10.1. The standard InChI is InChI=1S/C20H26N2O6S/c1-22(29(5,24)25)17(14-9-7-6-8-10-14)20(23)21-13-15-11-12-16(26-2)19(28-4)18(15)27-3/h6-12,17H,13H2,1-5H3,(H,21,23). The Morgan fingerprint density at radius 2 is 1.62 bits per heavy atom. The smallest absolute Gasteiger partial charge is 0.243 e. The fourth-order valence-corrected chi connectivity index (χ4v) is 3.54. The van der Waals surface area contributed by atoms with Crippen molar-refractivity contribution >= 4 is 15.9 Å². The lowest BCUT2D eigenvalue weighted by Crippen LogP contribution is -2.41. The van der Waals surface area contributed by atoms with Gasteiger partial charge in [-0.25, -0.2) is 8.42 Å². The summed E-state index contributed by atoms with van der Waals surface area (Å²) in [6, 6.07) is 11.2. The van der Waals surface area contributed by atoms with Crippen LogP contribution < -0.4 is 19.5 Å². The van der Waals surface area contributed by atoms with Gasteiger partial charge in [-0.1, -0.05) is 30.3 Å². The van der Waals surface area contributed by atoms with Crippen molar-refractivity contribution in [2.75, 3.05) is 34.6 Å². The largest absolute Gasteiger partial charge is 0.493 e. The summed E-state index contributed by atoms with van der Waals surface area (Å²) in [7, 11) is 2.29. The van der Waals surface area contributed by atoms with Crippen LogP contribution in [0.2, 0.25) is 0 Å². The lowest BCUT2D eigenvalue weighted by molar-refractivity contribution is -0.125. The van der Waals surface area contributed by atoms with Crippen molar-refractivity contribution < 1.29 is 27.4 Å². The molecule has 9 heteroatoms. The first-order valence-electron chi connectivity index (χ1n) is 8.78. The quantitative estimate of drug-likeness (QED) is 0.664. The van der Waals surface area contributed by atoms with E-state index in [1.807, 2.05) is 0 Å². The van der Waals surface area contributed by atoms with Crippen LogP contribution in [-0.2, 0) is 21.4 Å². The Morgan fingerprint density at radius 1 is 1.00 bits per heavy atom. The third-order valence-corrected chi connectivity index (χ3v) is 5.75. The summed E-state index contributed by atoms with van der Waals surface area (Å²) >= 11 is 0. The summed E-state index contributed by atoms with van der Waals surface area (Å²) in [4.78, 5) is 13.0. The fourth-order valence-electron chi connectivity index (χ4n) is 2.93. The highest BCUT2D eigenvalue weighted by Crippen LogP contribution is 2.39. The van der Waals surface area contributed by atoms with E-state index in [0.717, 1.165) is 10.6 Å². The Morgan fingerprint density at radius 3 is 2.14 bits per heavy atom. The molecule has 29 heavy (non-hydrogen) atoms. The molecule has 1 amide bonds. The Labute approximate surface area is 171 Å². The second-order valence-electron chi connectivity index (χ2n) is 6.30. The van der Waals surface area contributed by atoms with Gasteiger partial charge in [0.05, 0.1) is 27.6 Å². The van der Waals surface area contributed by atoms with Crippen LogP contribution in [0.4, 0.5) is 0 Å². The predicted octanol–water partition coefficient (Wildman–Crippen LogP) is 1.96. The highest BCUT2D eigenvalue weighted by Gasteiger charge is 2.30. The molecule has 0 aliphatic carbocycles. The van der Waals surface area contributed by atoms with Crippen LogP contribution in [0.25, 0.3) is 0 Å². The highest BCUT2D eigenvalue weighted by molar-refractivity contribution is 7.88. The molecule has 1 atom stereocenters. The van der Waals surface area contributed by atoms with E-state index < -0.39 is 22.0 Å². The Bertz CT molecular complexity index is 947. The number of sulfonamides is 1. The zero-order chi connectivity index (χ0) is 21.6. The molecule has 0 bridgehead atoms. The number of nitrogens with one attached hydrogen (secondary N) is 1. The monoisotopic (exact) mass is 422 g/mol. The van der Waals surface area contributed by atoms with Crippen LogP contribution in [0.1, 0.15) is 17.2 Å².